The molecule has 0 fully saturated rings. The average Bonchev–Trinajstić information content (AvgIpc) is 3.26. The Morgan fingerprint density at radius 1 is 1.32 bits per heavy atom. The van der Waals surface area contributed by atoms with Crippen LogP contribution in [0.1, 0.15) is 6.92 Å². The van der Waals surface area contributed by atoms with Gasteiger partial charge in [-0.15, -0.1) is 21.5 Å². The van der Waals surface area contributed by atoms with Gasteiger partial charge in [0, 0.05) is 17.8 Å². The Morgan fingerprint density at radius 2 is 2.08 bits per heavy atom. The molecule has 10 heteroatoms. The van der Waals surface area contributed by atoms with Crippen molar-refractivity contribution < 1.29 is 14.1 Å². The van der Waals surface area contributed by atoms with Crippen molar-refractivity contribution in [1.82, 2.24) is 10.2 Å². The van der Waals surface area contributed by atoms with Crippen LogP contribution >= 0.6 is 23.1 Å². The van der Waals surface area contributed by atoms with Crippen LogP contribution in [0, 0.1) is 10.1 Å². The molecule has 1 atom stereocenters. The van der Waals surface area contributed by atoms with Gasteiger partial charge in [0.15, 0.2) is 0 Å². The second kappa shape index (κ2) is 7.45. The highest BCUT2D eigenvalue weighted by Gasteiger charge is 2.19. The molecule has 3 rings (SSSR count). The van der Waals surface area contributed by atoms with Crippen LogP contribution in [0.2, 0.25) is 0 Å². The molecule has 0 saturated heterocycles. The minimum absolute atomic E-state index is 0.0348. The Morgan fingerprint density at radius 3 is 2.72 bits per heavy atom. The summed E-state index contributed by atoms with van der Waals surface area (Å²) in [6.07, 6.45) is 0. The van der Waals surface area contributed by atoms with Gasteiger partial charge in [-0.2, -0.15) is 0 Å². The maximum Gasteiger partial charge on any atom is 0.277 e. The van der Waals surface area contributed by atoms with Gasteiger partial charge >= 0.3 is 0 Å². The Labute approximate surface area is 150 Å². The normalized spacial score (nSPS) is 11.9. The summed E-state index contributed by atoms with van der Waals surface area (Å²) in [7, 11) is 0. The summed E-state index contributed by atoms with van der Waals surface area (Å²) in [6, 6.07) is 9.39. The third kappa shape index (κ3) is 4.22. The number of hydrogen-bond acceptors (Lipinski definition) is 8. The van der Waals surface area contributed by atoms with Gasteiger partial charge in [0.05, 0.1) is 15.1 Å². The Kier molecular flexibility index (Phi) is 5.10. The molecule has 2 aromatic heterocycles. The molecule has 0 radical (unpaired) electrons. The second-order valence-corrected chi connectivity index (χ2v) is 7.14. The maximum absolute atomic E-state index is 12.2. The zero-order valence-electron chi connectivity index (χ0n) is 12.9. The molecule has 0 saturated carbocycles. The standard InChI is InChI=1S/C15H12N4O4S2/c1-9(13(20)16-10-4-6-11(7-5-10)19(21)22)25-15-18-17-14(23-15)12-3-2-8-24-12/h2-9H,1H3,(H,16,20). The number of rotatable bonds is 6. The molecule has 8 nitrogen and oxygen atoms in total. The van der Waals surface area contributed by atoms with Crippen LogP contribution in [0.25, 0.3) is 10.8 Å². The van der Waals surface area contributed by atoms with E-state index in [0.29, 0.717) is 16.8 Å². The van der Waals surface area contributed by atoms with Gasteiger partial charge in [0.2, 0.25) is 5.91 Å². The number of carbonyl (C=O) groups is 1. The zero-order valence-corrected chi connectivity index (χ0v) is 14.5. The number of carbonyl (C=O) groups excluding carboxylic acids is 1. The lowest BCUT2D eigenvalue weighted by atomic mass is 10.3. The lowest BCUT2D eigenvalue weighted by Crippen LogP contribution is -2.22. The number of amides is 1. The number of aromatic nitrogens is 2. The van der Waals surface area contributed by atoms with Crippen LogP contribution in [0.5, 0.6) is 0 Å². The van der Waals surface area contributed by atoms with E-state index in [0.717, 1.165) is 16.6 Å². The Bertz CT molecular complexity index is 877. The number of anilines is 1. The van der Waals surface area contributed by atoms with E-state index in [1.807, 2.05) is 17.5 Å². The fourth-order valence-electron chi connectivity index (χ4n) is 1.87. The maximum atomic E-state index is 12.2. The second-order valence-electron chi connectivity index (χ2n) is 4.90. The van der Waals surface area contributed by atoms with Gasteiger partial charge in [-0.05, 0) is 30.5 Å². The molecule has 0 aliphatic carbocycles. The molecule has 0 aliphatic rings. The summed E-state index contributed by atoms with van der Waals surface area (Å²) in [5, 5.41) is 22.9. The van der Waals surface area contributed by atoms with E-state index in [2.05, 4.69) is 15.5 Å². The number of nitro groups is 1. The van der Waals surface area contributed by atoms with Gasteiger partial charge in [-0.3, -0.25) is 14.9 Å². The van der Waals surface area contributed by atoms with Crippen molar-refractivity contribution in [3.63, 3.8) is 0 Å². The highest BCUT2D eigenvalue weighted by Crippen LogP contribution is 2.29. The summed E-state index contributed by atoms with van der Waals surface area (Å²) in [5.74, 6) is 0.148. The van der Waals surface area contributed by atoms with Crippen molar-refractivity contribution in [2.45, 2.75) is 17.4 Å². The van der Waals surface area contributed by atoms with E-state index < -0.39 is 10.2 Å². The molecule has 0 spiro atoms. The molecule has 1 amide bonds. The molecule has 1 aromatic carbocycles. The fraction of sp³-hybridized carbons (Fsp3) is 0.133. The zero-order chi connectivity index (χ0) is 17.8. The number of nitro benzene ring substituents is 1. The van der Waals surface area contributed by atoms with Crippen LogP contribution in [-0.4, -0.2) is 26.3 Å². The van der Waals surface area contributed by atoms with Gasteiger partial charge in [0.1, 0.15) is 0 Å². The van der Waals surface area contributed by atoms with Gasteiger partial charge in [-0.25, -0.2) is 0 Å². The van der Waals surface area contributed by atoms with Crippen LogP contribution in [0.4, 0.5) is 11.4 Å². The van der Waals surface area contributed by atoms with E-state index >= 15 is 0 Å². The van der Waals surface area contributed by atoms with E-state index in [1.54, 1.807) is 6.92 Å². The number of nitrogens with one attached hydrogen (secondary N) is 1. The predicted octanol–water partition coefficient (Wildman–Crippen LogP) is 3.83. The molecule has 25 heavy (non-hydrogen) atoms. The smallest absolute Gasteiger partial charge is 0.277 e. The molecule has 1 N–H and O–H groups in total. The SMILES string of the molecule is CC(Sc1nnc(-c2cccs2)o1)C(=O)Nc1ccc([N+](=O)[O-])cc1. The topological polar surface area (TPSA) is 111 Å². The summed E-state index contributed by atoms with van der Waals surface area (Å²) in [6.45, 7) is 1.71. The van der Waals surface area contributed by atoms with Crippen molar-refractivity contribution in [3.8, 4) is 10.8 Å². The third-order valence-corrected chi connectivity index (χ3v) is 4.92. The summed E-state index contributed by atoms with van der Waals surface area (Å²) in [4.78, 5) is 23.2. The van der Waals surface area contributed by atoms with Gasteiger partial charge in [-0.1, -0.05) is 17.8 Å². The number of hydrogen-bond donors (Lipinski definition) is 1. The molecular weight excluding hydrogens is 364 g/mol. The monoisotopic (exact) mass is 376 g/mol. The molecule has 128 valence electrons. The summed E-state index contributed by atoms with van der Waals surface area (Å²) >= 11 is 2.63. The predicted molar refractivity (Wildman–Crippen MR) is 94.7 cm³/mol. The first-order valence-electron chi connectivity index (χ1n) is 7.12. The molecule has 3 aromatic rings. The van der Waals surface area contributed by atoms with Crippen molar-refractivity contribution in [3.05, 3.63) is 51.9 Å². The number of benzene rings is 1. The number of non-ortho nitro benzene ring substituents is 1. The van der Waals surface area contributed by atoms with Crippen LogP contribution < -0.4 is 5.32 Å². The molecular formula is C15H12N4O4S2. The third-order valence-electron chi connectivity index (χ3n) is 3.13. The average molecular weight is 376 g/mol. The minimum Gasteiger partial charge on any atom is -0.410 e. The van der Waals surface area contributed by atoms with E-state index in [9.17, 15) is 14.9 Å². The lowest BCUT2D eigenvalue weighted by Gasteiger charge is -2.09. The first kappa shape index (κ1) is 17.1. The van der Waals surface area contributed by atoms with Crippen molar-refractivity contribution in [2.75, 3.05) is 5.32 Å². The first-order valence-corrected chi connectivity index (χ1v) is 8.88. The number of thioether (sulfide) groups is 1. The first-order chi connectivity index (χ1) is 12.0. The van der Waals surface area contributed by atoms with Crippen LogP contribution in [-0.2, 0) is 4.79 Å². The molecule has 2 heterocycles. The molecule has 0 bridgehead atoms. The van der Waals surface area contributed by atoms with E-state index in [1.165, 1.54) is 35.6 Å². The fourth-order valence-corrected chi connectivity index (χ4v) is 3.20. The van der Waals surface area contributed by atoms with Gasteiger partial charge in [0.25, 0.3) is 16.8 Å². The highest BCUT2D eigenvalue weighted by atomic mass is 32.2. The van der Waals surface area contributed by atoms with Crippen molar-refractivity contribution in [2.24, 2.45) is 0 Å². The lowest BCUT2D eigenvalue weighted by molar-refractivity contribution is -0.384. The van der Waals surface area contributed by atoms with Crippen molar-refractivity contribution in [1.29, 1.82) is 0 Å². The number of thiophene rings is 1. The minimum atomic E-state index is -0.495. The highest BCUT2D eigenvalue weighted by molar-refractivity contribution is 8.00. The van der Waals surface area contributed by atoms with Gasteiger partial charge < -0.3 is 9.73 Å². The van der Waals surface area contributed by atoms with Crippen LogP contribution in [0.3, 0.4) is 0 Å². The summed E-state index contributed by atoms with van der Waals surface area (Å²) < 4.78 is 5.54. The number of nitrogens with zero attached hydrogens (tertiary/aromatic N) is 3. The molecule has 0 aliphatic heterocycles. The summed E-state index contributed by atoms with van der Waals surface area (Å²) in [5.41, 5.74) is 0.445. The Hall–Kier alpha value is -2.72. The van der Waals surface area contributed by atoms with Crippen LogP contribution in [0.15, 0.2) is 51.4 Å². The Balaban J connectivity index is 1.60. The van der Waals surface area contributed by atoms with Crippen molar-refractivity contribution >= 4 is 40.4 Å². The van der Waals surface area contributed by atoms with E-state index in [4.69, 9.17) is 4.42 Å². The quantitative estimate of drug-likeness (QED) is 0.395. The van der Waals surface area contributed by atoms with E-state index in [-0.39, 0.29) is 11.6 Å². The largest absolute Gasteiger partial charge is 0.410 e. The molecule has 1 unspecified atom stereocenters.